The SMILES string of the molecule is CCOC(=O)[C@]12CCCC=C1N(CCCOC)C(=O)[C@@H]2CC(=O)NCC1CCCCC1. The van der Waals surface area contributed by atoms with Crippen molar-refractivity contribution in [2.75, 3.05) is 33.4 Å². The Morgan fingerprint density at radius 2 is 2.00 bits per heavy atom. The van der Waals surface area contributed by atoms with E-state index in [9.17, 15) is 14.4 Å². The third-order valence-electron chi connectivity index (χ3n) is 7.09. The van der Waals surface area contributed by atoms with Crippen LogP contribution in [0.2, 0.25) is 0 Å². The number of allylic oxidation sites excluding steroid dienone is 1. The van der Waals surface area contributed by atoms with Crippen LogP contribution in [0.4, 0.5) is 0 Å². The van der Waals surface area contributed by atoms with Crippen molar-refractivity contribution >= 4 is 17.8 Å². The molecule has 174 valence electrons. The quantitative estimate of drug-likeness (QED) is 0.422. The highest BCUT2D eigenvalue weighted by Crippen LogP contribution is 2.53. The second-order valence-corrected chi connectivity index (χ2v) is 9.07. The highest BCUT2D eigenvalue weighted by molar-refractivity contribution is 5.99. The molecule has 7 nitrogen and oxygen atoms in total. The first kappa shape index (κ1) is 23.8. The Labute approximate surface area is 185 Å². The van der Waals surface area contributed by atoms with Gasteiger partial charge >= 0.3 is 5.97 Å². The fourth-order valence-electron chi connectivity index (χ4n) is 5.53. The van der Waals surface area contributed by atoms with Gasteiger partial charge in [-0.05, 0) is 51.4 Å². The van der Waals surface area contributed by atoms with Crippen LogP contribution in [0.3, 0.4) is 0 Å². The number of ether oxygens (including phenoxy) is 2. The summed E-state index contributed by atoms with van der Waals surface area (Å²) in [5, 5.41) is 3.05. The van der Waals surface area contributed by atoms with Crippen molar-refractivity contribution in [1.82, 2.24) is 10.2 Å². The molecule has 1 aliphatic heterocycles. The standard InChI is InChI=1S/C24H38N2O5/c1-3-31-23(29)24-13-8-7-12-20(24)26(14-9-15-30-2)22(28)19(24)16-21(27)25-17-18-10-5-4-6-11-18/h12,18-19H,3-11,13-17H2,1-2H3,(H,25,27)/t19-,24-/m0/s1. The fourth-order valence-corrected chi connectivity index (χ4v) is 5.53. The van der Waals surface area contributed by atoms with Crippen LogP contribution in [0.5, 0.6) is 0 Å². The first-order chi connectivity index (χ1) is 15.0. The molecule has 0 aromatic rings. The predicted molar refractivity (Wildman–Crippen MR) is 117 cm³/mol. The summed E-state index contributed by atoms with van der Waals surface area (Å²) < 4.78 is 10.6. The van der Waals surface area contributed by atoms with Crippen LogP contribution < -0.4 is 5.32 Å². The zero-order valence-electron chi connectivity index (χ0n) is 19.1. The van der Waals surface area contributed by atoms with Crippen molar-refractivity contribution in [3.8, 4) is 0 Å². The van der Waals surface area contributed by atoms with Gasteiger partial charge in [-0.2, -0.15) is 0 Å². The second kappa shape index (κ2) is 11.1. The highest BCUT2D eigenvalue weighted by atomic mass is 16.5. The maximum absolute atomic E-state index is 13.5. The van der Waals surface area contributed by atoms with Gasteiger partial charge in [0.05, 0.1) is 12.5 Å². The maximum Gasteiger partial charge on any atom is 0.318 e. The molecule has 0 aromatic carbocycles. The highest BCUT2D eigenvalue weighted by Gasteiger charge is 2.61. The number of methoxy groups -OCH3 is 1. The van der Waals surface area contributed by atoms with Gasteiger partial charge in [0.1, 0.15) is 5.41 Å². The molecule has 31 heavy (non-hydrogen) atoms. The molecule has 2 aliphatic carbocycles. The van der Waals surface area contributed by atoms with E-state index in [1.165, 1.54) is 19.3 Å². The average Bonchev–Trinajstić information content (AvgIpc) is 3.02. The van der Waals surface area contributed by atoms with Crippen LogP contribution in [0.15, 0.2) is 11.8 Å². The van der Waals surface area contributed by atoms with Crippen LogP contribution in [0, 0.1) is 17.3 Å². The monoisotopic (exact) mass is 434 g/mol. The summed E-state index contributed by atoms with van der Waals surface area (Å²) in [7, 11) is 1.63. The van der Waals surface area contributed by atoms with Gasteiger partial charge in [0.15, 0.2) is 0 Å². The Morgan fingerprint density at radius 1 is 1.23 bits per heavy atom. The van der Waals surface area contributed by atoms with Crippen LogP contribution in [0.25, 0.3) is 0 Å². The van der Waals surface area contributed by atoms with Crippen molar-refractivity contribution in [2.24, 2.45) is 17.3 Å². The Morgan fingerprint density at radius 3 is 2.71 bits per heavy atom. The average molecular weight is 435 g/mol. The Balaban J connectivity index is 1.78. The summed E-state index contributed by atoms with van der Waals surface area (Å²) in [6.07, 6.45) is 10.9. The fraction of sp³-hybridized carbons (Fsp3) is 0.792. The number of fused-ring (bicyclic) bond motifs is 1. The van der Waals surface area contributed by atoms with Crippen LogP contribution in [-0.4, -0.2) is 56.1 Å². The summed E-state index contributed by atoms with van der Waals surface area (Å²) in [5.74, 6) is -0.825. The molecule has 2 atom stereocenters. The zero-order valence-corrected chi connectivity index (χ0v) is 19.1. The van der Waals surface area contributed by atoms with E-state index in [0.717, 1.165) is 31.4 Å². The van der Waals surface area contributed by atoms with Crippen molar-refractivity contribution < 1.29 is 23.9 Å². The van der Waals surface area contributed by atoms with Crippen LogP contribution >= 0.6 is 0 Å². The van der Waals surface area contributed by atoms with E-state index < -0.39 is 11.3 Å². The smallest absolute Gasteiger partial charge is 0.318 e. The molecule has 0 aromatic heterocycles. The minimum atomic E-state index is -1.04. The van der Waals surface area contributed by atoms with E-state index in [0.29, 0.717) is 38.5 Å². The lowest BCUT2D eigenvalue weighted by Crippen LogP contribution is -2.43. The molecule has 1 heterocycles. The van der Waals surface area contributed by atoms with E-state index in [2.05, 4.69) is 5.32 Å². The lowest BCUT2D eigenvalue weighted by molar-refractivity contribution is -0.158. The number of nitrogens with zero attached hydrogens (tertiary/aromatic N) is 1. The normalized spacial score (nSPS) is 26.4. The minimum absolute atomic E-state index is 0.0302. The summed E-state index contributed by atoms with van der Waals surface area (Å²) in [5.41, 5.74) is -0.302. The maximum atomic E-state index is 13.5. The van der Waals surface area contributed by atoms with Crippen molar-refractivity contribution in [2.45, 2.75) is 71.1 Å². The van der Waals surface area contributed by atoms with Gasteiger partial charge in [0, 0.05) is 38.9 Å². The van der Waals surface area contributed by atoms with Gasteiger partial charge < -0.3 is 19.7 Å². The molecule has 1 saturated carbocycles. The molecule has 1 saturated heterocycles. The number of hydrogen-bond acceptors (Lipinski definition) is 5. The summed E-state index contributed by atoms with van der Waals surface area (Å²) >= 11 is 0. The number of likely N-dealkylation sites (tertiary alicyclic amines) is 1. The van der Waals surface area contributed by atoms with Gasteiger partial charge in [-0.1, -0.05) is 25.3 Å². The Bertz CT molecular complexity index is 685. The first-order valence-electron chi connectivity index (χ1n) is 12.0. The number of amides is 2. The van der Waals surface area contributed by atoms with E-state index in [4.69, 9.17) is 9.47 Å². The largest absolute Gasteiger partial charge is 0.465 e. The lowest BCUT2D eigenvalue weighted by Gasteiger charge is -2.35. The zero-order chi connectivity index (χ0) is 22.3. The number of esters is 1. The number of hydrogen-bond donors (Lipinski definition) is 1. The van der Waals surface area contributed by atoms with Gasteiger partial charge in [0.2, 0.25) is 11.8 Å². The van der Waals surface area contributed by atoms with Gasteiger partial charge in [-0.25, -0.2) is 0 Å². The summed E-state index contributed by atoms with van der Waals surface area (Å²) in [6.45, 7) is 3.72. The number of nitrogens with one attached hydrogen (secondary N) is 1. The molecule has 2 fully saturated rings. The van der Waals surface area contributed by atoms with E-state index in [1.54, 1.807) is 18.9 Å². The molecule has 7 heteroatoms. The molecular weight excluding hydrogens is 396 g/mol. The van der Waals surface area contributed by atoms with E-state index >= 15 is 0 Å². The third-order valence-corrected chi connectivity index (χ3v) is 7.09. The number of carbonyl (C=O) groups is 3. The lowest BCUT2D eigenvalue weighted by atomic mass is 9.68. The van der Waals surface area contributed by atoms with Crippen LogP contribution in [0.1, 0.15) is 71.1 Å². The molecule has 0 spiro atoms. The molecular formula is C24H38N2O5. The minimum Gasteiger partial charge on any atom is -0.465 e. The second-order valence-electron chi connectivity index (χ2n) is 9.07. The molecule has 0 radical (unpaired) electrons. The van der Waals surface area contributed by atoms with Crippen molar-refractivity contribution in [3.63, 3.8) is 0 Å². The van der Waals surface area contributed by atoms with Gasteiger partial charge in [-0.3, -0.25) is 14.4 Å². The number of rotatable bonds is 10. The molecule has 1 N–H and O–H groups in total. The summed E-state index contributed by atoms with van der Waals surface area (Å²) in [6, 6.07) is 0. The Hall–Kier alpha value is -1.89. The third kappa shape index (κ3) is 5.13. The summed E-state index contributed by atoms with van der Waals surface area (Å²) in [4.78, 5) is 41.3. The van der Waals surface area contributed by atoms with Crippen molar-refractivity contribution in [3.05, 3.63) is 11.8 Å². The molecule has 3 rings (SSSR count). The van der Waals surface area contributed by atoms with E-state index in [1.807, 2.05) is 6.08 Å². The predicted octanol–water partition coefficient (Wildman–Crippen LogP) is 3.19. The van der Waals surface area contributed by atoms with E-state index in [-0.39, 0.29) is 30.8 Å². The first-order valence-corrected chi connectivity index (χ1v) is 12.0. The van der Waals surface area contributed by atoms with Crippen molar-refractivity contribution in [1.29, 1.82) is 0 Å². The van der Waals surface area contributed by atoms with Crippen LogP contribution in [-0.2, 0) is 23.9 Å². The Kier molecular flexibility index (Phi) is 8.52. The van der Waals surface area contributed by atoms with Gasteiger partial charge in [-0.15, -0.1) is 0 Å². The molecule has 2 amide bonds. The van der Waals surface area contributed by atoms with Gasteiger partial charge in [0.25, 0.3) is 0 Å². The number of carbonyl (C=O) groups excluding carboxylic acids is 3. The topological polar surface area (TPSA) is 84.9 Å². The molecule has 3 aliphatic rings. The molecule has 0 bridgehead atoms. The molecule has 0 unspecified atom stereocenters.